The number of methoxy groups -OCH3 is 3. The first-order valence-electron chi connectivity index (χ1n) is 7.27. The van der Waals surface area contributed by atoms with Gasteiger partial charge in [-0.05, 0) is 30.9 Å². The van der Waals surface area contributed by atoms with Crippen molar-refractivity contribution < 1.29 is 14.2 Å². The van der Waals surface area contributed by atoms with Crippen LogP contribution >= 0.6 is 0 Å². The summed E-state index contributed by atoms with van der Waals surface area (Å²) in [7, 11) is 4.89. The Morgan fingerprint density at radius 3 is 2.15 bits per heavy atom. The third-order valence-electron chi connectivity index (χ3n) is 4.25. The van der Waals surface area contributed by atoms with Crippen LogP contribution in [-0.4, -0.2) is 21.3 Å². The lowest BCUT2D eigenvalue weighted by atomic mass is 9.81. The second-order valence-electron chi connectivity index (χ2n) is 5.35. The smallest absolute Gasteiger partial charge is 0.203 e. The average Bonchev–Trinajstić information content (AvgIpc) is 2.53. The van der Waals surface area contributed by atoms with E-state index in [4.69, 9.17) is 19.9 Å². The predicted molar refractivity (Wildman–Crippen MR) is 79.6 cm³/mol. The first kappa shape index (κ1) is 15.0. The lowest BCUT2D eigenvalue weighted by molar-refractivity contribution is 0.291. The lowest BCUT2D eigenvalue weighted by Gasteiger charge is -2.29. The van der Waals surface area contributed by atoms with E-state index < -0.39 is 0 Å². The van der Waals surface area contributed by atoms with Gasteiger partial charge < -0.3 is 19.9 Å². The second kappa shape index (κ2) is 6.84. The molecule has 1 saturated carbocycles. The van der Waals surface area contributed by atoms with Gasteiger partial charge in [-0.3, -0.25) is 0 Å². The summed E-state index contributed by atoms with van der Waals surface area (Å²) in [5, 5.41) is 0. The molecule has 1 fully saturated rings. The molecule has 4 heteroatoms. The van der Waals surface area contributed by atoms with Crippen LogP contribution in [0.5, 0.6) is 17.2 Å². The Bertz CT molecular complexity index is 442. The summed E-state index contributed by atoms with van der Waals surface area (Å²) in [6.07, 6.45) is 6.26. The Balaban J connectivity index is 2.34. The van der Waals surface area contributed by atoms with Crippen molar-refractivity contribution >= 4 is 0 Å². The van der Waals surface area contributed by atoms with Gasteiger partial charge in [-0.1, -0.05) is 19.3 Å². The zero-order chi connectivity index (χ0) is 14.5. The van der Waals surface area contributed by atoms with Gasteiger partial charge in [-0.25, -0.2) is 0 Å². The van der Waals surface area contributed by atoms with Crippen LogP contribution in [0.4, 0.5) is 0 Å². The Morgan fingerprint density at radius 1 is 0.950 bits per heavy atom. The van der Waals surface area contributed by atoms with Crippen LogP contribution in [0.3, 0.4) is 0 Å². The zero-order valence-corrected chi connectivity index (χ0v) is 12.6. The van der Waals surface area contributed by atoms with E-state index in [1.165, 1.54) is 32.1 Å². The maximum atomic E-state index is 6.48. The van der Waals surface area contributed by atoms with E-state index in [0.717, 1.165) is 5.56 Å². The van der Waals surface area contributed by atoms with E-state index in [0.29, 0.717) is 23.2 Å². The molecule has 2 N–H and O–H groups in total. The van der Waals surface area contributed by atoms with Crippen LogP contribution in [-0.2, 0) is 0 Å². The maximum Gasteiger partial charge on any atom is 0.203 e. The minimum atomic E-state index is -0.00921. The Hall–Kier alpha value is -1.42. The van der Waals surface area contributed by atoms with Gasteiger partial charge in [0.05, 0.1) is 21.3 Å². The molecule has 2 rings (SSSR count). The molecule has 1 atom stereocenters. The molecule has 112 valence electrons. The quantitative estimate of drug-likeness (QED) is 0.898. The van der Waals surface area contributed by atoms with E-state index in [-0.39, 0.29) is 6.04 Å². The molecule has 0 saturated heterocycles. The summed E-state index contributed by atoms with van der Waals surface area (Å²) in [4.78, 5) is 0. The minimum Gasteiger partial charge on any atom is -0.493 e. The van der Waals surface area contributed by atoms with Crippen LogP contribution in [0, 0.1) is 5.92 Å². The van der Waals surface area contributed by atoms with Crippen LogP contribution in [0.2, 0.25) is 0 Å². The molecule has 0 heterocycles. The van der Waals surface area contributed by atoms with Gasteiger partial charge in [-0.2, -0.15) is 0 Å². The van der Waals surface area contributed by atoms with Crippen LogP contribution in [0.1, 0.15) is 43.7 Å². The molecule has 0 aliphatic heterocycles. The summed E-state index contributed by atoms with van der Waals surface area (Å²) in [5.74, 6) is 2.52. The molecule has 0 bridgehead atoms. The summed E-state index contributed by atoms with van der Waals surface area (Å²) in [5.41, 5.74) is 7.50. The molecule has 1 unspecified atom stereocenters. The van der Waals surface area contributed by atoms with E-state index in [1.807, 2.05) is 12.1 Å². The van der Waals surface area contributed by atoms with Crippen LogP contribution in [0.25, 0.3) is 0 Å². The third kappa shape index (κ3) is 2.85. The molecule has 0 aromatic heterocycles. The second-order valence-corrected chi connectivity index (χ2v) is 5.35. The van der Waals surface area contributed by atoms with Gasteiger partial charge in [0.1, 0.15) is 0 Å². The van der Waals surface area contributed by atoms with Crippen LogP contribution in [0.15, 0.2) is 12.1 Å². The predicted octanol–water partition coefficient (Wildman–Crippen LogP) is 3.29. The average molecular weight is 279 g/mol. The highest BCUT2D eigenvalue weighted by molar-refractivity contribution is 5.56. The molecular formula is C16H25NO3. The standard InChI is InChI=1S/C16H25NO3/c1-18-13-10-9-12(15(19-2)16(13)20-3)14(17)11-7-5-4-6-8-11/h9-11,14H,4-8,17H2,1-3H3. The third-order valence-corrected chi connectivity index (χ3v) is 4.25. The highest BCUT2D eigenvalue weighted by atomic mass is 16.5. The van der Waals surface area contributed by atoms with E-state index in [1.54, 1.807) is 21.3 Å². The summed E-state index contributed by atoms with van der Waals surface area (Å²) >= 11 is 0. The maximum absolute atomic E-state index is 6.48. The van der Waals surface area contributed by atoms with Crippen molar-refractivity contribution in [1.82, 2.24) is 0 Å². The first-order chi connectivity index (χ1) is 9.72. The van der Waals surface area contributed by atoms with E-state index in [9.17, 15) is 0 Å². The molecule has 1 aromatic rings. The largest absolute Gasteiger partial charge is 0.493 e. The number of nitrogens with two attached hydrogens (primary N) is 1. The van der Waals surface area contributed by atoms with Crippen molar-refractivity contribution in [1.29, 1.82) is 0 Å². The van der Waals surface area contributed by atoms with Gasteiger partial charge in [0.15, 0.2) is 11.5 Å². The highest BCUT2D eigenvalue weighted by Gasteiger charge is 2.27. The van der Waals surface area contributed by atoms with Crippen molar-refractivity contribution in [2.24, 2.45) is 11.7 Å². The summed E-state index contributed by atoms with van der Waals surface area (Å²) in [6, 6.07) is 3.89. The number of hydrogen-bond acceptors (Lipinski definition) is 4. The zero-order valence-electron chi connectivity index (χ0n) is 12.6. The molecule has 20 heavy (non-hydrogen) atoms. The molecule has 0 spiro atoms. The fraction of sp³-hybridized carbons (Fsp3) is 0.625. The number of benzene rings is 1. The van der Waals surface area contributed by atoms with Gasteiger partial charge in [0.25, 0.3) is 0 Å². The normalized spacial score (nSPS) is 17.6. The summed E-state index contributed by atoms with van der Waals surface area (Å²) in [6.45, 7) is 0. The monoisotopic (exact) mass is 279 g/mol. The molecule has 1 aliphatic rings. The fourth-order valence-electron chi connectivity index (χ4n) is 3.13. The Kier molecular flexibility index (Phi) is 5.12. The lowest BCUT2D eigenvalue weighted by Crippen LogP contribution is -2.24. The van der Waals surface area contributed by atoms with Gasteiger partial charge in [0.2, 0.25) is 5.75 Å². The minimum absolute atomic E-state index is 0.00921. The number of hydrogen-bond donors (Lipinski definition) is 1. The molecule has 4 nitrogen and oxygen atoms in total. The van der Waals surface area contributed by atoms with Crippen molar-refractivity contribution in [2.45, 2.75) is 38.1 Å². The Labute approximate surface area is 121 Å². The van der Waals surface area contributed by atoms with E-state index >= 15 is 0 Å². The van der Waals surface area contributed by atoms with Crippen molar-refractivity contribution in [3.05, 3.63) is 17.7 Å². The fourth-order valence-corrected chi connectivity index (χ4v) is 3.13. The summed E-state index contributed by atoms with van der Waals surface area (Å²) < 4.78 is 16.3. The van der Waals surface area contributed by atoms with Gasteiger partial charge in [-0.15, -0.1) is 0 Å². The van der Waals surface area contributed by atoms with Gasteiger partial charge in [0, 0.05) is 11.6 Å². The molecule has 1 aromatic carbocycles. The molecule has 0 amide bonds. The highest BCUT2D eigenvalue weighted by Crippen LogP contribution is 2.44. The topological polar surface area (TPSA) is 53.7 Å². The van der Waals surface area contributed by atoms with Crippen molar-refractivity contribution in [3.8, 4) is 17.2 Å². The molecular weight excluding hydrogens is 254 g/mol. The van der Waals surface area contributed by atoms with E-state index in [2.05, 4.69) is 0 Å². The molecule has 0 radical (unpaired) electrons. The first-order valence-corrected chi connectivity index (χ1v) is 7.27. The SMILES string of the molecule is COc1ccc(C(N)C2CCCCC2)c(OC)c1OC. The Morgan fingerprint density at radius 2 is 1.60 bits per heavy atom. The number of rotatable bonds is 5. The van der Waals surface area contributed by atoms with Crippen molar-refractivity contribution in [2.75, 3.05) is 21.3 Å². The molecule has 1 aliphatic carbocycles. The van der Waals surface area contributed by atoms with Crippen LogP contribution < -0.4 is 19.9 Å². The van der Waals surface area contributed by atoms with Gasteiger partial charge >= 0.3 is 0 Å². The number of ether oxygens (including phenoxy) is 3. The van der Waals surface area contributed by atoms with Crippen molar-refractivity contribution in [3.63, 3.8) is 0 Å².